The fraction of sp³-hybridized carbons (Fsp3) is 0.308. The van der Waals surface area contributed by atoms with E-state index in [-0.39, 0.29) is 11.9 Å². The number of nitrogens with zero attached hydrogens (tertiary/aromatic N) is 2. The Balaban J connectivity index is 2.02. The molecule has 5 heteroatoms. The number of nitrogen functional groups attached to an aromatic ring is 1. The highest BCUT2D eigenvalue weighted by atomic mass is 19.1. The third-order valence-electron chi connectivity index (χ3n) is 2.57. The highest BCUT2D eigenvalue weighted by Crippen LogP contribution is 2.16. The van der Waals surface area contributed by atoms with E-state index < -0.39 is 0 Å². The molecule has 0 aliphatic heterocycles. The largest absolute Gasteiger partial charge is 0.487 e. The van der Waals surface area contributed by atoms with Gasteiger partial charge in [-0.25, -0.2) is 9.37 Å². The van der Waals surface area contributed by atoms with Gasteiger partial charge in [-0.3, -0.25) is 0 Å². The predicted molar refractivity (Wildman–Crippen MR) is 67.8 cm³/mol. The molecule has 1 heterocycles. The Morgan fingerprint density at radius 3 is 2.56 bits per heavy atom. The van der Waals surface area contributed by atoms with E-state index in [0.29, 0.717) is 18.3 Å². The minimum atomic E-state index is -0.282. The first-order valence-electron chi connectivity index (χ1n) is 5.78. The van der Waals surface area contributed by atoms with Crippen molar-refractivity contribution >= 4 is 5.95 Å². The Labute approximate surface area is 105 Å². The average Bonchev–Trinajstić information content (AvgIpc) is 2.70. The van der Waals surface area contributed by atoms with E-state index in [1.807, 2.05) is 24.6 Å². The van der Waals surface area contributed by atoms with Crippen LogP contribution in [0.1, 0.15) is 25.6 Å². The molecule has 1 aromatic heterocycles. The summed E-state index contributed by atoms with van der Waals surface area (Å²) in [7, 11) is 0. The minimum Gasteiger partial charge on any atom is -0.487 e. The average molecular weight is 249 g/mol. The first-order valence-corrected chi connectivity index (χ1v) is 5.78. The van der Waals surface area contributed by atoms with Crippen LogP contribution in [0.5, 0.6) is 5.75 Å². The van der Waals surface area contributed by atoms with Crippen LogP contribution in [-0.4, -0.2) is 9.55 Å². The normalized spacial score (nSPS) is 10.9. The minimum absolute atomic E-state index is 0.261. The highest BCUT2D eigenvalue weighted by Gasteiger charge is 2.07. The van der Waals surface area contributed by atoms with Crippen molar-refractivity contribution in [3.63, 3.8) is 0 Å². The number of anilines is 1. The van der Waals surface area contributed by atoms with Gasteiger partial charge < -0.3 is 15.0 Å². The molecular weight excluding hydrogens is 233 g/mol. The van der Waals surface area contributed by atoms with Crippen LogP contribution >= 0.6 is 0 Å². The molecule has 18 heavy (non-hydrogen) atoms. The monoisotopic (exact) mass is 249 g/mol. The molecule has 0 amide bonds. The van der Waals surface area contributed by atoms with Gasteiger partial charge in [0.25, 0.3) is 0 Å². The van der Waals surface area contributed by atoms with Crippen molar-refractivity contribution in [3.8, 4) is 5.75 Å². The van der Waals surface area contributed by atoms with Crippen LogP contribution in [0, 0.1) is 5.82 Å². The molecule has 0 radical (unpaired) electrons. The molecule has 0 fully saturated rings. The van der Waals surface area contributed by atoms with Crippen LogP contribution < -0.4 is 10.5 Å². The van der Waals surface area contributed by atoms with Crippen molar-refractivity contribution in [2.24, 2.45) is 0 Å². The van der Waals surface area contributed by atoms with Gasteiger partial charge in [0.05, 0.1) is 5.69 Å². The van der Waals surface area contributed by atoms with Crippen LogP contribution in [0.4, 0.5) is 10.3 Å². The van der Waals surface area contributed by atoms with Crippen LogP contribution in [0.15, 0.2) is 30.5 Å². The van der Waals surface area contributed by atoms with E-state index >= 15 is 0 Å². The lowest BCUT2D eigenvalue weighted by molar-refractivity contribution is 0.301. The van der Waals surface area contributed by atoms with E-state index in [0.717, 1.165) is 5.69 Å². The van der Waals surface area contributed by atoms with Gasteiger partial charge in [0, 0.05) is 12.2 Å². The quantitative estimate of drug-likeness (QED) is 0.906. The van der Waals surface area contributed by atoms with E-state index in [2.05, 4.69) is 4.98 Å². The summed E-state index contributed by atoms with van der Waals surface area (Å²) in [5.41, 5.74) is 6.53. The van der Waals surface area contributed by atoms with Gasteiger partial charge in [-0.05, 0) is 38.1 Å². The predicted octanol–water partition coefficient (Wildman–Crippen LogP) is 2.76. The van der Waals surface area contributed by atoms with Crippen molar-refractivity contribution in [2.45, 2.75) is 26.5 Å². The summed E-state index contributed by atoms with van der Waals surface area (Å²) in [6, 6.07) is 6.14. The topological polar surface area (TPSA) is 53.1 Å². The van der Waals surface area contributed by atoms with Crippen LogP contribution in [-0.2, 0) is 6.61 Å². The SMILES string of the molecule is CC(C)n1cc(COc2ccc(F)cc2)nc1N. The van der Waals surface area contributed by atoms with Crippen molar-refractivity contribution in [2.75, 3.05) is 5.73 Å². The summed E-state index contributed by atoms with van der Waals surface area (Å²) in [5.74, 6) is 0.799. The first kappa shape index (κ1) is 12.4. The zero-order valence-electron chi connectivity index (χ0n) is 10.4. The Morgan fingerprint density at radius 2 is 2.00 bits per heavy atom. The fourth-order valence-electron chi connectivity index (χ4n) is 1.63. The third kappa shape index (κ3) is 2.80. The van der Waals surface area contributed by atoms with E-state index in [4.69, 9.17) is 10.5 Å². The van der Waals surface area contributed by atoms with E-state index in [1.54, 1.807) is 12.1 Å². The maximum atomic E-state index is 12.7. The van der Waals surface area contributed by atoms with Gasteiger partial charge >= 0.3 is 0 Å². The van der Waals surface area contributed by atoms with Crippen molar-refractivity contribution in [3.05, 3.63) is 42.0 Å². The zero-order chi connectivity index (χ0) is 13.1. The van der Waals surface area contributed by atoms with Crippen molar-refractivity contribution in [1.29, 1.82) is 0 Å². The lowest BCUT2D eigenvalue weighted by Crippen LogP contribution is -2.03. The number of rotatable bonds is 4. The molecule has 0 bridgehead atoms. The summed E-state index contributed by atoms with van der Waals surface area (Å²) >= 11 is 0. The number of halogens is 1. The Bertz CT molecular complexity index is 520. The summed E-state index contributed by atoms with van der Waals surface area (Å²) in [5, 5.41) is 0. The summed E-state index contributed by atoms with van der Waals surface area (Å²) in [4.78, 5) is 4.21. The molecule has 0 aliphatic rings. The smallest absolute Gasteiger partial charge is 0.200 e. The van der Waals surface area contributed by atoms with Gasteiger partial charge in [-0.1, -0.05) is 0 Å². The Hall–Kier alpha value is -2.04. The molecule has 1 aromatic carbocycles. The number of ether oxygens (including phenoxy) is 1. The van der Waals surface area contributed by atoms with Gasteiger partial charge in [0.15, 0.2) is 0 Å². The standard InChI is InChI=1S/C13H16FN3O/c1-9(2)17-7-11(16-13(17)15)8-18-12-5-3-10(14)4-6-12/h3-7,9H,8H2,1-2H3,(H2,15,16). The molecule has 2 N–H and O–H groups in total. The number of hydrogen-bond donors (Lipinski definition) is 1. The van der Waals surface area contributed by atoms with Crippen LogP contribution in [0.3, 0.4) is 0 Å². The summed E-state index contributed by atoms with van der Waals surface area (Å²) < 4.78 is 20.1. The van der Waals surface area contributed by atoms with Gasteiger partial charge in [0.2, 0.25) is 5.95 Å². The van der Waals surface area contributed by atoms with Gasteiger partial charge in [0.1, 0.15) is 18.2 Å². The Kier molecular flexibility index (Phi) is 3.50. The van der Waals surface area contributed by atoms with E-state index in [9.17, 15) is 4.39 Å². The second-order valence-corrected chi connectivity index (χ2v) is 4.33. The lowest BCUT2D eigenvalue weighted by atomic mass is 10.3. The van der Waals surface area contributed by atoms with Crippen molar-refractivity contribution in [1.82, 2.24) is 9.55 Å². The lowest BCUT2D eigenvalue weighted by Gasteiger charge is -2.07. The van der Waals surface area contributed by atoms with Crippen molar-refractivity contribution < 1.29 is 9.13 Å². The number of hydrogen-bond acceptors (Lipinski definition) is 3. The van der Waals surface area contributed by atoms with Crippen LogP contribution in [0.2, 0.25) is 0 Å². The number of aromatic nitrogens is 2. The maximum absolute atomic E-state index is 12.7. The second-order valence-electron chi connectivity index (χ2n) is 4.33. The molecule has 2 rings (SSSR count). The zero-order valence-corrected chi connectivity index (χ0v) is 10.4. The molecule has 0 spiro atoms. The number of imidazole rings is 1. The molecule has 0 aliphatic carbocycles. The molecule has 4 nitrogen and oxygen atoms in total. The fourth-order valence-corrected chi connectivity index (χ4v) is 1.63. The molecule has 0 saturated heterocycles. The molecule has 96 valence electrons. The number of benzene rings is 1. The summed E-state index contributed by atoms with van der Waals surface area (Å²) in [6.45, 7) is 4.38. The highest BCUT2D eigenvalue weighted by molar-refractivity contribution is 5.24. The maximum Gasteiger partial charge on any atom is 0.200 e. The summed E-state index contributed by atoms with van der Waals surface area (Å²) in [6.07, 6.45) is 1.86. The second kappa shape index (κ2) is 5.08. The van der Waals surface area contributed by atoms with E-state index in [1.165, 1.54) is 12.1 Å². The van der Waals surface area contributed by atoms with Gasteiger partial charge in [-0.2, -0.15) is 0 Å². The number of nitrogens with two attached hydrogens (primary N) is 1. The Morgan fingerprint density at radius 1 is 1.33 bits per heavy atom. The molecule has 0 saturated carbocycles. The third-order valence-corrected chi connectivity index (χ3v) is 2.57. The molecule has 0 atom stereocenters. The van der Waals surface area contributed by atoms with Crippen LogP contribution in [0.25, 0.3) is 0 Å². The van der Waals surface area contributed by atoms with Gasteiger partial charge in [-0.15, -0.1) is 0 Å². The molecule has 2 aromatic rings. The molecule has 0 unspecified atom stereocenters. The first-order chi connectivity index (χ1) is 8.56. The molecular formula is C13H16FN3O.